The van der Waals surface area contributed by atoms with E-state index < -0.39 is 0 Å². The number of nitrogens with zero attached hydrogens (tertiary/aromatic N) is 2. The van der Waals surface area contributed by atoms with Gasteiger partial charge in [0.15, 0.2) is 4.80 Å². The van der Waals surface area contributed by atoms with Crippen LogP contribution in [0.3, 0.4) is 0 Å². The molecule has 0 fully saturated rings. The van der Waals surface area contributed by atoms with Gasteiger partial charge in [0, 0.05) is 17.1 Å². The molecule has 0 radical (unpaired) electrons. The summed E-state index contributed by atoms with van der Waals surface area (Å²) >= 11 is 1.67. The van der Waals surface area contributed by atoms with Crippen molar-refractivity contribution in [3.8, 4) is 5.75 Å². The second-order valence-corrected chi connectivity index (χ2v) is 5.41. The van der Waals surface area contributed by atoms with Gasteiger partial charge in [-0.1, -0.05) is 19.1 Å². The van der Waals surface area contributed by atoms with Crippen LogP contribution < -0.4 is 9.54 Å². The highest BCUT2D eigenvalue weighted by Gasteiger charge is 2.08. The molecule has 1 heterocycles. The second kappa shape index (κ2) is 6.06. The number of hydrogen-bond acceptors (Lipinski definition) is 3. The number of hydrogen-bond donors (Lipinski definition) is 0. The molecule has 0 N–H and O–H groups in total. The van der Waals surface area contributed by atoms with Crippen molar-refractivity contribution in [1.29, 1.82) is 0 Å². The van der Waals surface area contributed by atoms with Crippen LogP contribution >= 0.6 is 11.3 Å². The molecule has 102 valence electrons. The fraction of sp³-hybridized carbons (Fsp3) is 0.400. The minimum absolute atomic E-state index is 0.458. The third kappa shape index (κ3) is 2.89. The van der Waals surface area contributed by atoms with Gasteiger partial charge in [0.1, 0.15) is 11.4 Å². The normalized spacial score (nSPS) is 13.6. The molecule has 19 heavy (non-hydrogen) atoms. The zero-order chi connectivity index (χ0) is 13.8. The molecule has 0 aliphatic rings. The summed E-state index contributed by atoms with van der Waals surface area (Å²) < 4.78 is 7.64. The number of aromatic nitrogens is 1. The number of rotatable bonds is 4. The zero-order valence-electron chi connectivity index (χ0n) is 11.9. The number of aryl methyl sites for hydroxylation is 1. The van der Waals surface area contributed by atoms with E-state index in [-0.39, 0.29) is 0 Å². The lowest BCUT2D eigenvalue weighted by Gasteiger charge is -2.13. The molecule has 1 atom stereocenters. The van der Waals surface area contributed by atoms with Gasteiger partial charge in [-0.25, -0.2) is 4.99 Å². The quantitative estimate of drug-likeness (QED) is 0.826. The van der Waals surface area contributed by atoms with Crippen LogP contribution in [0.15, 0.2) is 34.6 Å². The van der Waals surface area contributed by atoms with E-state index in [1.54, 1.807) is 18.4 Å². The van der Waals surface area contributed by atoms with Crippen LogP contribution in [0.2, 0.25) is 0 Å². The molecule has 0 aliphatic heterocycles. The summed E-state index contributed by atoms with van der Waals surface area (Å²) in [6.07, 6.45) is 1.09. The maximum Gasteiger partial charge on any atom is 0.190 e. The number of thiazole rings is 1. The summed E-state index contributed by atoms with van der Waals surface area (Å²) in [5.74, 6) is 0.809. The first-order valence-electron chi connectivity index (χ1n) is 6.51. The highest BCUT2D eigenvalue weighted by molar-refractivity contribution is 7.07. The summed E-state index contributed by atoms with van der Waals surface area (Å²) in [6, 6.07) is 8.32. The van der Waals surface area contributed by atoms with Gasteiger partial charge in [-0.2, -0.15) is 0 Å². The first-order chi connectivity index (χ1) is 9.17. The minimum Gasteiger partial charge on any atom is -0.494 e. The molecule has 0 amide bonds. The Bertz CT molecular complexity index is 613. The Morgan fingerprint density at radius 3 is 2.79 bits per heavy atom. The second-order valence-electron chi connectivity index (χ2n) is 4.57. The molecular formula is C15H20N2OS. The van der Waals surface area contributed by atoms with Crippen molar-refractivity contribution >= 4 is 17.0 Å². The summed E-state index contributed by atoms with van der Waals surface area (Å²) in [6.45, 7) is 6.55. The topological polar surface area (TPSA) is 26.5 Å². The van der Waals surface area contributed by atoms with Crippen LogP contribution in [-0.2, 0) is 0 Å². The lowest BCUT2D eigenvalue weighted by atomic mass is 10.2. The molecule has 0 saturated heterocycles. The molecule has 0 aliphatic carbocycles. The molecule has 2 rings (SSSR count). The van der Waals surface area contributed by atoms with E-state index in [2.05, 4.69) is 30.7 Å². The van der Waals surface area contributed by atoms with E-state index in [0.29, 0.717) is 6.04 Å². The number of ether oxygens (including phenoxy) is 1. The van der Waals surface area contributed by atoms with Gasteiger partial charge < -0.3 is 9.30 Å². The Morgan fingerprint density at radius 1 is 1.37 bits per heavy atom. The summed E-state index contributed by atoms with van der Waals surface area (Å²) in [4.78, 5) is 5.78. The molecule has 1 aromatic carbocycles. The first kappa shape index (κ1) is 13.9. The Balaban J connectivity index is 2.55. The van der Waals surface area contributed by atoms with Gasteiger partial charge in [0.05, 0.1) is 7.11 Å². The van der Waals surface area contributed by atoms with Crippen molar-refractivity contribution in [2.24, 2.45) is 4.99 Å². The standard InChI is InChI=1S/C15H20N2OS/c1-5-11(2)17-12(3)10-19-15(17)16-13-8-6-7-9-14(13)18-4/h6-11H,5H2,1-4H3. The molecule has 0 bridgehead atoms. The molecule has 0 saturated carbocycles. The highest BCUT2D eigenvalue weighted by atomic mass is 32.1. The summed E-state index contributed by atoms with van der Waals surface area (Å²) in [5, 5.41) is 2.15. The predicted molar refractivity (Wildman–Crippen MR) is 80.3 cm³/mol. The minimum atomic E-state index is 0.458. The molecular weight excluding hydrogens is 256 g/mol. The molecule has 1 unspecified atom stereocenters. The van der Waals surface area contributed by atoms with E-state index >= 15 is 0 Å². The molecule has 0 spiro atoms. The van der Waals surface area contributed by atoms with Crippen LogP contribution in [0, 0.1) is 6.92 Å². The monoisotopic (exact) mass is 276 g/mol. The van der Waals surface area contributed by atoms with Gasteiger partial charge in [0.2, 0.25) is 0 Å². The first-order valence-corrected chi connectivity index (χ1v) is 7.39. The molecule has 4 heteroatoms. The summed E-state index contributed by atoms with van der Waals surface area (Å²) in [5.41, 5.74) is 2.14. The van der Waals surface area contributed by atoms with Gasteiger partial charge in [-0.3, -0.25) is 0 Å². The third-order valence-corrected chi connectivity index (χ3v) is 4.21. The van der Waals surface area contributed by atoms with E-state index in [0.717, 1.165) is 22.7 Å². The lowest BCUT2D eigenvalue weighted by molar-refractivity contribution is 0.415. The van der Waals surface area contributed by atoms with E-state index in [1.165, 1.54) is 5.69 Å². The van der Waals surface area contributed by atoms with Gasteiger partial charge >= 0.3 is 0 Å². The maximum atomic E-state index is 5.35. The fourth-order valence-electron chi connectivity index (χ4n) is 2.03. The lowest BCUT2D eigenvalue weighted by Crippen LogP contribution is -2.19. The van der Waals surface area contributed by atoms with Crippen LogP contribution in [0.1, 0.15) is 32.0 Å². The summed E-state index contributed by atoms with van der Waals surface area (Å²) in [7, 11) is 1.68. The fourth-order valence-corrected chi connectivity index (χ4v) is 3.00. The van der Waals surface area contributed by atoms with Crippen molar-refractivity contribution in [3.63, 3.8) is 0 Å². The zero-order valence-corrected chi connectivity index (χ0v) is 12.7. The van der Waals surface area contributed by atoms with Gasteiger partial charge in [-0.05, 0) is 32.4 Å². The van der Waals surface area contributed by atoms with E-state index in [9.17, 15) is 0 Å². The Labute approximate surface area is 118 Å². The van der Waals surface area contributed by atoms with Gasteiger partial charge in [-0.15, -0.1) is 11.3 Å². The van der Waals surface area contributed by atoms with E-state index in [1.807, 2.05) is 24.3 Å². The Hall–Kier alpha value is -1.55. The van der Waals surface area contributed by atoms with Crippen molar-refractivity contribution in [2.45, 2.75) is 33.2 Å². The average Bonchev–Trinajstić information content (AvgIpc) is 2.79. The Kier molecular flexibility index (Phi) is 4.43. The average molecular weight is 276 g/mol. The van der Waals surface area contributed by atoms with Crippen LogP contribution in [0.5, 0.6) is 5.75 Å². The van der Waals surface area contributed by atoms with Crippen LogP contribution in [0.4, 0.5) is 5.69 Å². The van der Waals surface area contributed by atoms with E-state index in [4.69, 9.17) is 9.73 Å². The number of benzene rings is 1. The number of methoxy groups -OCH3 is 1. The third-order valence-electron chi connectivity index (χ3n) is 3.25. The Morgan fingerprint density at radius 2 is 2.11 bits per heavy atom. The van der Waals surface area contributed by atoms with Gasteiger partial charge in [0.25, 0.3) is 0 Å². The predicted octanol–water partition coefficient (Wildman–Crippen LogP) is 4.07. The van der Waals surface area contributed by atoms with Crippen molar-refractivity contribution in [3.05, 3.63) is 40.1 Å². The van der Waals surface area contributed by atoms with Crippen molar-refractivity contribution < 1.29 is 4.74 Å². The van der Waals surface area contributed by atoms with Crippen molar-refractivity contribution in [1.82, 2.24) is 4.57 Å². The van der Waals surface area contributed by atoms with Crippen LogP contribution in [-0.4, -0.2) is 11.7 Å². The van der Waals surface area contributed by atoms with Crippen molar-refractivity contribution in [2.75, 3.05) is 7.11 Å². The maximum absolute atomic E-state index is 5.35. The SMILES string of the molecule is CCC(C)n1c(C)csc1=Nc1ccccc1OC. The smallest absolute Gasteiger partial charge is 0.190 e. The molecule has 1 aromatic heterocycles. The number of para-hydroxylation sites is 2. The largest absolute Gasteiger partial charge is 0.494 e. The molecule has 3 nitrogen and oxygen atoms in total. The molecule has 2 aromatic rings. The van der Waals surface area contributed by atoms with Crippen LogP contribution in [0.25, 0.3) is 0 Å². The highest BCUT2D eigenvalue weighted by Crippen LogP contribution is 2.26.